The second-order valence-corrected chi connectivity index (χ2v) is 2.39. The molecule has 1 aromatic rings. The number of benzene rings is 1. The average molecular weight is 179 g/mol. The fourth-order valence-electron chi connectivity index (χ4n) is 0.889. The first kappa shape index (κ1) is 9.25. The molecule has 0 amide bonds. The van der Waals surface area contributed by atoms with Gasteiger partial charge in [0.25, 0.3) is 5.69 Å². The molecule has 13 heavy (non-hydrogen) atoms. The van der Waals surface area contributed by atoms with Gasteiger partial charge in [-0.15, -0.1) is 0 Å². The summed E-state index contributed by atoms with van der Waals surface area (Å²) in [6.45, 7) is 0. The van der Waals surface area contributed by atoms with Crippen molar-refractivity contribution in [2.75, 3.05) is 7.11 Å². The summed E-state index contributed by atoms with van der Waals surface area (Å²) in [6.07, 6.45) is 3.13. The smallest absolute Gasteiger partial charge is 0.270 e. The van der Waals surface area contributed by atoms with Gasteiger partial charge in [0.2, 0.25) is 0 Å². The minimum atomic E-state index is -0.426. The topological polar surface area (TPSA) is 52.4 Å². The van der Waals surface area contributed by atoms with Crippen LogP contribution in [0.5, 0.6) is 0 Å². The van der Waals surface area contributed by atoms with Crippen LogP contribution in [0.3, 0.4) is 0 Å². The molecular formula is C9H9NO3. The molecule has 68 valence electrons. The number of hydrogen-bond acceptors (Lipinski definition) is 3. The summed E-state index contributed by atoms with van der Waals surface area (Å²) < 4.78 is 4.70. The maximum absolute atomic E-state index is 10.4. The quantitative estimate of drug-likeness (QED) is 0.406. The highest BCUT2D eigenvalue weighted by Crippen LogP contribution is 2.13. The van der Waals surface area contributed by atoms with Crippen molar-refractivity contribution in [1.29, 1.82) is 0 Å². The van der Waals surface area contributed by atoms with E-state index >= 15 is 0 Å². The lowest BCUT2D eigenvalue weighted by atomic mass is 10.2. The van der Waals surface area contributed by atoms with Gasteiger partial charge < -0.3 is 4.74 Å². The van der Waals surface area contributed by atoms with Crippen molar-refractivity contribution < 1.29 is 9.66 Å². The van der Waals surface area contributed by atoms with E-state index in [2.05, 4.69) is 0 Å². The lowest BCUT2D eigenvalue weighted by Crippen LogP contribution is -1.87. The van der Waals surface area contributed by atoms with Crippen LogP contribution in [0.4, 0.5) is 5.69 Å². The number of hydrogen-bond donors (Lipinski definition) is 0. The fraction of sp³-hybridized carbons (Fsp3) is 0.111. The molecule has 0 aromatic heterocycles. The molecule has 4 nitrogen and oxygen atoms in total. The first-order valence-electron chi connectivity index (χ1n) is 3.68. The van der Waals surface area contributed by atoms with Gasteiger partial charge in [0.05, 0.1) is 18.3 Å². The van der Waals surface area contributed by atoms with E-state index < -0.39 is 4.92 Å². The zero-order valence-electron chi connectivity index (χ0n) is 7.14. The fourth-order valence-corrected chi connectivity index (χ4v) is 0.889. The molecule has 0 unspecified atom stereocenters. The van der Waals surface area contributed by atoms with Crippen molar-refractivity contribution in [3.8, 4) is 0 Å². The Morgan fingerprint density at radius 1 is 1.54 bits per heavy atom. The minimum Gasteiger partial charge on any atom is -0.504 e. The highest BCUT2D eigenvalue weighted by molar-refractivity contribution is 5.52. The van der Waals surface area contributed by atoms with Gasteiger partial charge in [-0.05, 0) is 11.6 Å². The van der Waals surface area contributed by atoms with Gasteiger partial charge in [0, 0.05) is 12.1 Å². The van der Waals surface area contributed by atoms with E-state index in [0.717, 1.165) is 5.56 Å². The predicted octanol–water partition coefficient (Wildman–Crippen LogP) is 2.21. The van der Waals surface area contributed by atoms with Crippen molar-refractivity contribution in [2.24, 2.45) is 0 Å². The molecule has 0 aliphatic rings. The van der Waals surface area contributed by atoms with Gasteiger partial charge in [0.1, 0.15) is 0 Å². The van der Waals surface area contributed by atoms with E-state index in [0.29, 0.717) is 0 Å². The molecule has 0 saturated heterocycles. The number of non-ortho nitro benzene ring substituents is 1. The number of nitro groups is 1. The SMILES string of the molecule is CO/C=C\c1cccc([N+](=O)[O-])c1. The monoisotopic (exact) mass is 179 g/mol. The molecule has 1 rings (SSSR count). The molecule has 0 bridgehead atoms. The Balaban J connectivity index is 2.92. The first-order valence-corrected chi connectivity index (χ1v) is 3.68. The summed E-state index contributed by atoms with van der Waals surface area (Å²) in [5.74, 6) is 0. The number of nitro benzene ring substituents is 1. The summed E-state index contributed by atoms with van der Waals surface area (Å²) in [7, 11) is 1.52. The Morgan fingerprint density at radius 3 is 2.92 bits per heavy atom. The van der Waals surface area contributed by atoms with Crippen molar-refractivity contribution >= 4 is 11.8 Å². The summed E-state index contributed by atoms with van der Waals surface area (Å²) in [4.78, 5) is 9.95. The Labute approximate surface area is 75.6 Å². The van der Waals surface area contributed by atoms with E-state index in [1.54, 1.807) is 18.2 Å². The molecule has 0 N–H and O–H groups in total. The van der Waals surface area contributed by atoms with Crippen LogP contribution in [0, 0.1) is 10.1 Å². The first-order chi connectivity index (χ1) is 6.24. The Hall–Kier alpha value is -1.84. The second kappa shape index (κ2) is 4.25. The second-order valence-electron chi connectivity index (χ2n) is 2.39. The normalized spacial score (nSPS) is 10.2. The van der Waals surface area contributed by atoms with Gasteiger partial charge >= 0.3 is 0 Å². The van der Waals surface area contributed by atoms with Crippen LogP contribution in [0.2, 0.25) is 0 Å². The molecule has 0 aliphatic carbocycles. The summed E-state index contributed by atoms with van der Waals surface area (Å²) in [5, 5.41) is 10.4. The van der Waals surface area contributed by atoms with Crippen LogP contribution in [-0.4, -0.2) is 12.0 Å². The standard InChI is InChI=1S/C9H9NO3/c1-13-6-5-8-3-2-4-9(7-8)10(11)12/h2-7H,1H3/b6-5-. The summed E-state index contributed by atoms with van der Waals surface area (Å²) >= 11 is 0. The van der Waals surface area contributed by atoms with Crippen LogP contribution in [-0.2, 0) is 4.74 Å². The maximum atomic E-state index is 10.4. The Morgan fingerprint density at radius 2 is 2.31 bits per heavy atom. The van der Waals surface area contributed by atoms with E-state index in [4.69, 9.17) is 4.74 Å². The maximum Gasteiger partial charge on any atom is 0.270 e. The molecule has 0 radical (unpaired) electrons. The molecular weight excluding hydrogens is 170 g/mol. The van der Waals surface area contributed by atoms with Crippen molar-refractivity contribution in [3.05, 3.63) is 46.2 Å². The van der Waals surface area contributed by atoms with Crippen LogP contribution in [0.25, 0.3) is 6.08 Å². The van der Waals surface area contributed by atoms with Crippen LogP contribution in [0.1, 0.15) is 5.56 Å². The van der Waals surface area contributed by atoms with Gasteiger partial charge in [-0.25, -0.2) is 0 Å². The number of methoxy groups -OCH3 is 1. The molecule has 0 aliphatic heterocycles. The predicted molar refractivity (Wildman–Crippen MR) is 49.1 cm³/mol. The number of nitrogens with zero attached hydrogens (tertiary/aromatic N) is 1. The average Bonchev–Trinajstić information content (AvgIpc) is 2.15. The summed E-state index contributed by atoms with van der Waals surface area (Å²) in [6, 6.07) is 6.33. The zero-order valence-corrected chi connectivity index (χ0v) is 7.14. The van der Waals surface area contributed by atoms with E-state index in [9.17, 15) is 10.1 Å². The molecule has 0 fully saturated rings. The van der Waals surface area contributed by atoms with E-state index in [1.165, 1.54) is 25.5 Å². The highest BCUT2D eigenvalue weighted by atomic mass is 16.6. The lowest BCUT2D eigenvalue weighted by molar-refractivity contribution is -0.384. The lowest BCUT2D eigenvalue weighted by Gasteiger charge is -1.93. The van der Waals surface area contributed by atoms with Crippen molar-refractivity contribution in [1.82, 2.24) is 0 Å². The van der Waals surface area contributed by atoms with Crippen molar-refractivity contribution in [2.45, 2.75) is 0 Å². The van der Waals surface area contributed by atoms with E-state index in [1.807, 2.05) is 0 Å². The number of rotatable bonds is 3. The summed E-state index contributed by atoms with van der Waals surface area (Å²) in [5.41, 5.74) is 0.828. The Kier molecular flexibility index (Phi) is 3.03. The van der Waals surface area contributed by atoms with Gasteiger partial charge in [0.15, 0.2) is 0 Å². The van der Waals surface area contributed by atoms with Crippen LogP contribution < -0.4 is 0 Å². The Bertz CT molecular complexity index is 333. The van der Waals surface area contributed by atoms with E-state index in [-0.39, 0.29) is 5.69 Å². The van der Waals surface area contributed by atoms with Crippen LogP contribution in [0.15, 0.2) is 30.5 Å². The third-order valence-corrected chi connectivity index (χ3v) is 1.48. The molecule has 0 heterocycles. The van der Waals surface area contributed by atoms with Gasteiger partial charge in [-0.3, -0.25) is 10.1 Å². The third-order valence-electron chi connectivity index (χ3n) is 1.48. The molecule has 0 saturated carbocycles. The van der Waals surface area contributed by atoms with Gasteiger partial charge in [-0.1, -0.05) is 12.1 Å². The van der Waals surface area contributed by atoms with Gasteiger partial charge in [-0.2, -0.15) is 0 Å². The number of ether oxygens (including phenoxy) is 1. The molecule has 1 aromatic carbocycles. The molecule has 0 spiro atoms. The highest BCUT2D eigenvalue weighted by Gasteiger charge is 2.03. The third kappa shape index (κ3) is 2.59. The zero-order chi connectivity index (χ0) is 9.68. The van der Waals surface area contributed by atoms with Crippen LogP contribution >= 0.6 is 0 Å². The minimum absolute atomic E-state index is 0.0817. The molecule has 0 atom stereocenters. The largest absolute Gasteiger partial charge is 0.504 e. The van der Waals surface area contributed by atoms with Crippen molar-refractivity contribution in [3.63, 3.8) is 0 Å². The molecule has 4 heteroatoms.